The molecule has 1 amide bonds. The predicted molar refractivity (Wildman–Crippen MR) is 137 cm³/mol. The number of aliphatic hydroxyl groups is 3. The van der Waals surface area contributed by atoms with E-state index in [1.165, 1.54) is 5.57 Å². The second-order valence-electron chi connectivity index (χ2n) is 9.43. The topological polar surface area (TPSA) is 89.8 Å². The monoisotopic (exact) mass is 461 g/mol. The van der Waals surface area contributed by atoms with E-state index in [0.717, 1.165) is 32.1 Å². The molecule has 1 rings (SSSR count). The van der Waals surface area contributed by atoms with Crippen LogP contribution >= 0.6 is 0 Å². The number of hydrogen-bond acceptors (Lipinski definition) is 4. The Morgan fingerprint density at radius 1 is 1.15 bits per heavy atom. The van der Waals surface area contributed by atoms with E-state index in [0.29, 0.717) is 32.2 Å². The fourth-order valence-corrected chi connectivity index (χ4v) is 4.36. The summed E-state index contributed by atoms with van der Waals surface area (Å²) >= 11 is 0. The van der Waals surface area contributed by atoms with Crippen molar-refractivity contribution < 1.29 is 20.1 Å². The van der Waals surface area contributed by atoms with E-state index in [1.807, 2.05) is 32.1 Å². The van der Waals surface area contributed by atoms with Crippen LogP contribution in [-0.4, -0.2) is 46.1 Å². The molecule has 0 heterocycles. The van der Waals surface area contributed by atoms with Crippen molar-refractivity contribution in [1.29, 1.82) is 0 Å². The lowest BCUT2D eigenvalue weighted by atomic mass is 9.88. The lowest BCUT2D eigenvalue weighted by Gasteiger charge is -2.21. The van der Waals surface area contributed by atoms with Crippen molar-refractivity contribution >= 4 is 5.91 Å². The molecule has 5 nitrogen and oxygen atoms in total. The second kappa shape index (κ2) is 16.9. The van der Waals surface area contributed by atoms with Gasteiger partial charge in [0.2, 0.25) is 5.91 Å². The average Bonchev–Trinajstić information content (AvgIpc) is 3.05. The summed E-state index contributed by atoms with van der Waals surface area (Å²) in [6.45, 7) is 10.4. The zero-order valence-electron chi connectivity index (χ0n) is 21.0. The molecule has 0 bridgehead atoms. The third-order valence-corrected chi connectivity index (χ3v) is 6.58. The number of amides is 1. The summed E-state index contributed by atoms with van der Waals surface area (Å²) in [6, 6.07) is 0. The van der Waals surface area contributed by atoms with E-state index in [2.05, 4.69) is 37.0 Å². The molecule has 0 saturated heterocycles. The predicted octanol–water partition coefficient (Wildman–Crippen LogP) is 4.84. The molecule has 0 aromatic rings. The van der Waals surface area contributed by atoms with Gasteiger partial charge in [0.25, 0.3) is 0 Å². The summed E-state index contributed by atoms with van der Waals surface area (Å²) < 4.78 is 0. The van der Waals surface area contributed by atoms with Crippen LogP contribution in [0.5, 0.6) is 0 Å². The van der Waals surface area contributed by atoms with Crippen molar-refractivity contribution in [2.45, 2.75) is 96.9 Å². The Morgan fingerprint density at radius 2 is 1.91 bits per heavy atom. The van der Waals surface area contributed by atoms with Crippen LogP contribution in [0, 0.1) is 17.8 Å². The molecule has 6 unspecified atom stereocenters. The van der Waals surface area contributed by atoms with Gasteiger partial charge in [-0.05, 0) is 70.6 Å². The van der Waals surface area contributed by atoms with Crippen LogP contribution in [0.1, 0.15) is 78.6 Å². The van der Waals surface area contributed by atoms with Gasteiger partial charge in [0.1, 0.15) is 0 Å². The van der Waals surface area contributed by atoms with Gasteiger partial charge >= 0.3 is 0 Å². The Hall–Kier alpha value is -1.69. The number of carbonyl (C=O) groups is 1. The summed E-state index contributed by atoms with van der Waals surface area (Å²) in [5, 5.41) is 34.2. The zero-order valence-corrected chi connectivity index (χ0v) is 21.0. The largest absolute Gasteiger partial charge is 0.393 e. The molecule has 4 N–H and O–H groups in total. The van der Waals surface area contributed by atoms with Crippen molar-refractivity contribution in [2.75, 3.05) is 6.54 Å². The Kier molecular flexibility index (Phi) is 15.0. The van der Waals surface area contributed by atoms with E-state index in [-0.39, 0.29) is 23.7 Å². The van der Waals surface area contributed by atoms with Crippen molar-refractivity contribution in [2.24, 2.45) is 17.8 Å². The molecule has 0 spiro atoms. The Labute approximate surface area is 201 Å². The summed E-state index contributed by atoms with van der Waals surface area (Å²) in [5.74, 6) is -0.0764. The number of aliphatic hydroxyl groups excluding tert-OH is 3. The molecule has 0 aliphatic heterocycles. The maximum Gasteiger partial charge on any atom is 0.219 e. The number of hydrogen-bond donors (Lipinski definition) is 4. The highest BCUT2D eigenvalue weighted by atomic mass is 16.3. The fraction of sp³-hybridized carbons (Fsp3) is 0.679. The van der Waals surface area contributed by atoms with Crippen molar-refractivity contribution in [3.05, 3.63) is 48.6 Å². The zero-order chi connectivity index (χ0) is 24.6. The maximum absolute atomic E-state index is 11.5. The number of allylic oxidation sites excluding steroid dienone is 5. The van der Waals surface area contributed by atoms with Crippen molar-refractivity contribution in [3.8, 4) is 0 Å². The van der Waals surface area contributed by atoms with Gasteiger partial charge in [0.15, 0.2) is 0 Å². The van der Waals surface area contributed by atoms with Gasteiger partial charge in [-0.25, -0.2) is 0 Å². The van der Waals surface area contributed by atoms with Gasteiger partial charge in [-0.15, -0.1) is 6.58 Å². The molecular formula is C28H47NO4. The van der Waals surface area contributed by atoms with Gasteiger partial charge < -0.3 is 20.6 Å². The smallest absolute Gasteiger partial charge is 0.219 e. The van der Waals surface area contributed by atoms with Crippen LogP contribution in [0.25, 0.3) is 0 Å². The van der Waals surface area contributed by atoms with Crippen molar-refractivity contribution in [1.82, 2.24) is 5.32 Å². The third-order valence-electron chi connectivity index (χ3n) is 6.58. The van der Waals surface area contributed by atoms with Gasteiger partial charge in [0.05, 0.1) is 18.3 Å². The van der Waals surface area contributed by atoms with E-state index in [4.69, 9.17) is 0 Å². The minimum atomic E-state index is -0.563. The normalized spacial score (nSPS) is 25.6. The standard InChI is InChI=1S/C28H47NO4/c1-5-7-10-13-21(3)16-19-25(30)22(4)17-18-24-23(26(31)20-27(24)32)14-11-8-9-12-15-28(33)29-6-2/h5,8,11,13,17-18,22-27,30-32H,1,6-7,9-10,12,14-16,19-20H2,2-4H3,(H,29,33). The molecular weight excluding hydrogens is 414 g/mol. The second-order valence-corrected chi connectivity index (χ2v) is 9.43. The molecule has 33 heavy (non-hydrogen) atoms. The number of unbranched alkanes of at least 4 members (excludes halogenated alkanes) is 2. The molecule has 1 fully saturated rings. The van der Waals surface area contributed by atoms with Gasteiger partial charge in [-0.1, -0.05) is 49.0 Å². The van der Waals surface area contributed by atoms with E-state index >= 15 is 0 Å². The van der Waals surface area contributed by atoms with Gasteiger partial charge in [0, 0.05) is 25.3 Å². The van der Waals surface area contributed by atoms with Crippen LogP contribution in [0.2, 0.25) is 0 Å². The Morgan fingerprint density at radius 3 is 2.61 bits per heavy atom. The molecule has 0 radical (unpaired) electrons. The fourth-order valence-electron chi connectivity index (χ4n) is 4.36. The first-order chi connectivity index (χ1) is 15.8. The minimum absolute atomic E-state index is 0.0126. The summed E-state index contributed by atoms with van der Waals surface area (Å²) in [5.41, 5.74) is 1.29. The highest BCUT2D eigenvalue weighted by molar-refractivity contribution is 5.75. The first kappa shape index (κ1) is 29.3. The lowest BCUT2D eigenvalue weighted by Crippen LogP contribution is -2.22. The number of rotatable bonds is 16. The summed E-state index contributed by atoms with van der Waals surface area (Å²) in [6.07, 6.45) is 17.5. The third kappa shape index (κ3) is 11.8. The van der Waals surface area contributed by atoms with E-state index in [1.54, 1.807) is 0 Å². The van der Waals surface area contributed by atoms with Crippen LogP contribution in [0.15, 0.2) is 48.6 Å². The van der Waals surface area contributed by atoms with E-state index in [9.17, 15) is 20.1 Å². The highest BCUT2D eigenvalue weighted by Crippen LogP contribution is 2.36. The van der Waals surface area contributed by atoms with E-state index < -0.39 is 18.3 Å². The first-order valence-electron chi connectivity index (χ1n) is 12.7. The van der Waals surface area contributed by atoms with Gasteiger partial charge in [-0.3, -0.25) is 4.79 Å². The SMILES string of the molecule is C=CCCC=C(C)CCC(O)C(C)C=CC1C(O)CC(O)C1CC=CCCCC(=O)NCC. The molecule has 5 heteroatoms. The van der Waals surface area contributed by atoms with Crippen LogP contribution < -0.4 is 5.32 Å². The quantitative estimate of drug-likeness (QED) is 0.195. The molecule has 1 aliphatic rings. The molecule has 6 atom stereocenters. The highest BCUT2D eigenvalue weighted by Gasteiger charge is 2.39. The maximum atomic E-state index is 11.5. The summed E-state index contributed by atoms with van der Waals surface area (Å²) in [4.78, 5) is 11.5. The summed E-state index contributed by atoms with van der Waals surface area (Å²) in [7, 11) is 0. The first-order valence-corrected chi connectivity index (χ1v) is 12.7. The number of carbonyl (C=O) groups excluding carboxylic acids is 1. The number of nitrogens with one attached hydrogen (secondary N) is 1. The average molecular weight is 462 g/mol. The Balaban J connectivity index is 2.50. The van der Waals surface area contributed by atoms with Gasteiger partial charge in [-0.2, -0.15) is 0 Å². The minimum Gasteiger partial charge on any atom is -0.393 e. The lowest BCUT2D eigenvalue weighted by molar-refractivity contribution is -0.121. The molecule has 0 aromatic heterocycles. The molecule has 1 saturated carbocycles. The van der Waals surface area contributed by atoms with Crippen molar-refractivity contribution in [3.63, 3.8) is 0 Å². The Bertz CT molecular complexity index is 654. The molecule has 188 valence electrons. The van der Waals surface area contributed by atoms with Crippen LogP contribution in [0.4, 0.5) is 0 Å². The van der Waals surface area contributed by atoms with Crippen LogP contribution in [0.3, 0.4) is 0 Å². The molecule has 0 aromatic carbocycles. The van der Waals surface area contributed by atoms with Crippen LogP contribution in [-0.2, 0) is 4.79 Å². The molecule has 1 aliphatic carbocycles.